The fraction of sp³-hybridized carbons (Fsp3) is 0.0952. The molecule has 4 rings (SSSR count). The van der Waals surface area contributed by atoms with Crippen molar-refractivity contribution in [2.24, 2.45) is 0 Å². The molecule has 134 valence electrons. The number of hydrogen-bond acceptors (Lipinski definition) is 4. The summed E-state index contributed by atoms with van der Waals surface area (Å²) >= 11 is 1.59. The normalized spacial score (nSPS) is 12.0. The van der Waals surface area contributed by atoms with E-state index in [4.69, 9.17) is 0 Å². The van der Waals surface area contributed by atoms with Gasteiger partial charge < -0.3 is 5.32 Å². The predicted octanol–water partition coefficient (Wildman–Crippen LogP) is 3.36. The van der Waals surface area contributed by atoms with Gasteiger partial charge in [0.1, 0.15) is 6.54 Å². The molecule has 2 aromatic carbocycles. The Hall–Kier alpha value is -3.25. The third-order valence-corrected chi connectivity index (χ3v) is 5.26. The zero-order valence-corrected chi connectivity index (χ0v) is 15.2. The van der Waals surface area contributed by atoms with Crippen molar-refractivity contribution in [3.8, 4) is 0 Å². The number of nitrogens with one attached hydrogen (secondary N) is 1. The van der Waals surface area contributed by atoms with Crippen molar-refractivity contribution in [2.75, 3.05) is 0 Å². The largest absolute Gasteiger partial charge is 0.343 e. The van der Waals surface area contributed by atoms with E-state index in [0.29, 0.717) is 11.0 Å². The Morgan fingerprint density at radius 2 is 1.81 bits per heavy atom. The minimum atomic E-state index is -0.295. The van der Waals surface area contributed by atoms with Crippen LogP contribution in [0.2, 0.25) is 0 Å². The quantitative estimate of drug-likeness (QED) is 0.582. The van der Waals surface area contributed by atoms with Gasteiger partial charge in [-0.3, -0.25) is 14.2 Å². The summed E-state index contributed by atoms with van der Waals surface area (Å²) in [4.78, 5) is 30.3. The molecule has 6 heteroatoms. The molecule has 1 N–H and O–H groups in total. The maximum atomic E-state index is 12.8. The molecule has 1 amide bonds. The number of rotatable bonds is 5. The van der Waals surface area contributed by atoms with Gasteiger partial charge in [-0.1, -0.05) is 48.5 Å². The van der Waals surface area contributed by atoms with Crippen LogP contribution in [-0.4, -0.2) is 15.5 Å². The highest BCUT2D eigenvalue weighted by molar-refractivity contribution is 7.10. The number of carbonyl (C=O) groups excluding carboxylic acids is 1. The van der Waals surface area contributed by atoms with E-state index >= 15 is 0 Å². The monoisotopic (exact) mass is 375 g/mol. The number of amides is 1. The second-order valence-corrected chi connectivity index (χ2v) is 7.08. The van der Waals surface area contributed by atoms with Gasteiger partial charge in [0.15, 0.2) is 0 Å². The van der Waals surface area contributed by atoms with Crippen molar-refractivity contribution in [2.45, 2.75) is 12.6 Å². The highest BCUT2D eigenvalue weighted by atomic mass is 32.1. The molecule has 0 bridgehead atoms. The highest BCUT2D eigenvalue weighted by Gasteiger charge is 2.18. The Morgan fingerprint density at radius 3 is 2.59 bits per heavy atom. The summed E-state index contributed by atoms with van der Waals surface area (Å²) in [6.45, 7) is -0.0590. The molecule has 0 aliphatic rings. The Kier molecular flexibility index (Phi) is 4.80. The van der Waals surface area contributed by atoms with Crippen LogP contribution in [0.5, 0.6) is 0 Å². The van der Waals surface area contributed by atoms with Crippen LogP contribution in [0.1, 0.15) is 16.5 Å². The van der Waals surface area contributed by atoms with Crippen LogP contribution in [0.3, 0.4) is 0 Å². The van der Waals surface area contributed by atoms with Crippen LogP contribution >= 0.6 is 11.3 Å². The zero-order chi connectivity index (χ0) is 18.6. The molecule has 0 aliphatic carbocycles. The first kappa shape index (κ1) is 17.2. The van der Waals surface area contributed by atoms with E-state index in [9.17, 15) is 9.59 Å². The van der Waals surface area contributed by atoms with E-state index in [0.717, 1.165) is 10.4 Å². The van der Waals surface area contributed by atoms with Crippen LogP contribution in [0, 0.1) is 0 Å². The predicted molar refractivity (Wildman–Crippen MR) is 107 cm³/mol. The number of nitrogens with zero attached hydrogens (tertiary/aromatic N) is 2. The third-order valence-electron chi connectivity index (χ3n) is 4.32. The summed E-state index contributed by atoms with van der Waals surface area (Å²) in [5.74, 6) is -0.226. The number of hydrogen-bond donors (Lipinski definition) is 1. The summed E-state index contributed by atoms with van der Waals surface area (Å²) in [6, 6.07) is 20.8. The first-order valence-electron chi connectivity index (χ1n) is 8.54. The lowest BCUT2D eigenvalue weighted by molar-refractivity contribution is -0.122. The average Bonchev–Trinajstić information content (AvgIpc) is 3.23. The standard InChI is InChI=1S/C21H17N3O2S/c25-19(14-24-17-10-5-4-9-16(17)22-13-20(24)26)23-21(18-11-6-12-27-18)15-7-2-1-3-8-15/h1-13,21H,14H2,(H,23,25)/t21-/m0/s1. The molecule has 0 unspecified atom stereocenters. The van der Waals surface area contributed by atoms with E-state index in [1.807, 2.05) is 66.0 Å². The SMILES string of the molecule is O=C(Cn1c(=O)cnc2ccccc21)N[C@@H](c1ccccc1)c1cccs1. The summed E-state index contributed by atoms with van der Waals surface area (Å²) in [6.07, 6.45) is 1.25. The molecule has 27 heavy (non-hydrogen) atoms. The molecule has 0 aliphatic heterocycles. The molecule has 0 spiro atoms. The molecule has 1 atom stereocenters. The van der Waals surface area contributed by atoms with E-state index in [2.05, 4.69) is 10.3 Å². The van der Waals surface area contributed by atoms with E-state index < -0.39 is 0 Å². The second kappa shape index (κ2) is 7.55. The van der Waals surface area contributed by atoms with Crippen LogP contribution in [0.25, 0.3) is 11.0 Å². The molecule has 4 aromatic rings. The van der Waals surface area contributed by atoms with Gasteiger partial charge >= 0.3 is 0 Å². The Morgan fingerprint density at radius 1 is 1.04 bits per heavy atom. The number of fused-ring (bicyclic) bond motifs is 1. The lowest BCUT2D eigenvalue weighted by atomic mass is 10.1. The van der Waals surface area contributed by atoms with Crippen LogP contribution in [0.15, 0.2) is 83.1 Å². The molecule has 2 aromatic heterocycles. The van der Waals surface area contributed by atoms with Gasteiger partial charge in [-0.25, -0.2) is 4.98 Å². The van der Waals surface area contributed by atoms with E-state index in [1.54, 1.807) is 17.4 Å². The maximum absolute atomic E-state index is 12.8. The summed E-state index contributed by atoms with van der Waals surface area (Å²) in [5, 5.41) is 5.05. The Bertz CT molecular complexity index is 1120. The first-order valence-corrected chi connectivity index (χ1v) is 9.42. The number of carbonyl (C=O) groups is 1. The number of benzene rings is 2. The number of para-hydroxylation sites is 2. The molecule has 0 saturated heterocycles. The summed E-state index contributed by atoms with van der Waals surface area (Å²) in [5.41, 5.74) is 2.03. The maximum Gasteiger partial charge on any atom is 0.269 e. The lowest BCUT2D eigenvalue weighted by Gasteiger charge is -2.19. The van der Waals surface area contributed by atoms with Gasteiger partial charge in [0.2, 0.25) is 5.91 Å². The minimum Gasteiger partial charge on any atom is -0.343 e. The van der Waals surface area contributed by atoms with Gasteiger partial charge in [0, 0.05) is 4.88 Å². The molecular formula is C21H17N3O2S. The smallest absolute Gasteiger partial charge is 0.269 e. The third kappa shape index (κ3) is 3.66. The Balaban J connectivity index is 1.63. The number of thiophene rings is 1. The summed E-state index contributed by atoms with van der Waals surface area (Å²) < 4.78 is 1.45. The molecular weight excluding hydrogens is 358 g/mol. The highest BCUT2D eigenvalue weighted by Crippen LogP contribution is 2.25. The van der Waals surface area contributed by atoms with Crippen molar-refractivity contribution in [3.05, 3.63) is 99.1 Å². The topological polar surface area (TPSA) is 64.0 Å². The van der Waals surface area contributed by atoms with Crippen LogP contribution < -0.4 is 10.9 Å². The van der Waals surface area contributed by atoms with Crippen molar-refractivity contribution in [1.82, 2.24) is 14.9 Å². The van der Waals surface area contributed by atoms with E-state index in [-0.39, 0.29) is 24.1 Å². The van der Waals surface area contributed by atoms with Gasteiger partial charge in [-0.05, 0) is 29.1 Å². The van der Waals surface area contributed by atoms with Crippen molar-refractivity contribution in [3.63, 3.8) is 0 Å². The van der Waals surface area contributed by atoms with Gasteiger partial charge in [-0.15, -0.1) is 11.3 Å². The average molecular weight is 375 g/mol. The lowest BCUT2D eigenvalue weighted by Crippen LogP contribution is -2.35. The van der Waals surface area contributed by atoms with Gasteiger partial charge in [0.05, 0.1) is 23.3 Å². The number of aromatic nitrogens is 2. The molecule has 0 fully saturated rings. The molecule has 2 heterocycles. The second-order valence-electron chi connectivity index (χ2n) is 6.10. The molecule has 0 radical (unpaired) electrons. The zero-order valence-electron chi connectivity index (χ0n) is 14.4. The van der Waals surface area contributed by atoms with Gasteiger partial charge in [-0.2, -0.15) is 0 Å². The van der Waals surface area contributed by atoms with Crippen molar-refractivity contribution < 1.29 is 4.79 Å². The molecule has 0 saturated carbocycles. The fourth-order valence-corrected chi connectivity index (χ4v) is 3.85. The fourth-order valence-electron chi connectivity index (χ4n) is 3.05. The summed E-state index contributed by atoms with van der Waals surface area (Å²) in [7, 11) is 0. The van der Waals surface area contributed by atoms with Crippen LogP contribution in [-0.2, 0) is 11.3 Å². The first-order chi connectivity index (χ1) is 13.2. The molecule has 5 nitrogen and oxygen atoms in total. The van der Waals surface area contributed by atoms with E-state index in [1.165, 1.54) is 10.8 Å². The van der Waals surface area contributed by atoms with Crippen LogP contribution in [0.4, 0.5) is 0 Å². The van der Waals surface area contributed by atoms with Crippen molar-refractivity contribution >= 4 is 28.3 Å². The minimum absolute atomic E-state index is 0.0590. The van der Waals surface area contributed by atoms with Crippen molar-refractivity contribution in [1.29, 1.82) is 0 Å². The Labute approximate surface area is 159 Å². The van der Waals surface area contributed by atoms with Gasteiger partial charge in [0.25, 0.3) is 5.56 Å².